The van der Waals surface area contributed by atoms with E-state index < -0.39 is 14.6 Å². The molecule has 0 aliphatic rings. The van der Waals surface area contributed by atoms with Crippen LogP contribution in [-0.2, 0) is 9.84 Å². The second kappa shape index (κ2) is 6.04. The van der Waals surface area contributed by atoms with Crippen molar-refractivity contribution in [3.05, 3.63) is 10.8 Å². The fourth-order valence-corrected chi connectivity index (χ4v) is 2.03. The highest BCUT2D eigenvalue weighted by molar-refractivity contribution is 9.10. The highest BCUT2D eigenvalue weighted by Gasteiger charge is 2.30. The molecule has 0 bridgehead atoms. The summed E-state index contributed by atoms with van der Waals surface area (Å²) in [7, 11) is -3.14. The molecule has 1 rings (SSSR count). The van der Waals surface area contributed by atoms with Gasteiger partial charge in [-0.1, -0.05) is 0 Å². The predicted molar refractivity (Wildman–Crippen MR) is 81.3 cm³/mol. The molecular formula is C11H19BrN4O2S. The van der Waals surface area contributed by atoms with Gasteiger partial charge in [0.1, 0.15) is 22.4 Å². The average molecular weight is 351 g/mol. The van der Waals surface area contributed by atoms with Crippen molar-refractivity contribution in [1.29, 1.82) is 0 Å². The highest BCUT2D eigenvalue weighted by atomic mass is 79.9. The monoisotopic (exact) mass is 350 g/mol. The minimum absolute atomic E-state index is 0.271. The molecule has 0 aliphatic heterocycles. The molecule has 0 aliphatic carbocycles. The lowest BCUT2D eigenvalue weighted by atomic mass is 10.2. The molecule has 0 amide bonds. The van der Waals surface area contributed by atoms with Crippen LogP contribution < -0.4 is 10.6 Å². The summed E-state index contributed by atoms with van der Waals surface area (Å²) in [5.41, 5.74) is 0. The van der Waals surface area contributed by atoms with Crippen LogP contribution in [0.15, 0.2) is 10.8 Å². The molecule has 0 saturated carbocycles. The molecule has 0 fully saturated rings. The van der Waals surface area contributed by atoms with E-state index in [2.05, 4.69) is 36.5 Å². The van der Waals surface area contributed by atoms with E-state index in [-0.39, 0.29) is 6.54 Å². The summed E-state index contributed by atoms with van der Waals surface area (Å²) >= 11 is 3.40. The lowest BCUT2D eigenvalue weighted by Crippen LogP contribution is -2.38. The van der Waals surface area contributed by atoms with Gasteiger partial charge in [0.15, 0.2) is 9.84 Å². The van der Waals surface area contributed by atoms with Crippen LogP contribution in [0, 0.1) is 0 Å². The Bertz CT molecular complexity index is 546. The van der Waals surface area contributed by atoms with Crippen molar-refractivity contribution in [3.63, 3.8) is 0 Å². The van der Waals surface area contributed by atoms with E-state index in [0.29, 0.717) is 16.1 Å². The molecule has 2 N–H and O–H groups in total. The van der Waals surface area contributed by atoms with Crippen molar-refractivity contribution in [2.24, 2.45) is 0 Å². The van der Waals surface area contributed by atoms with Gasteiger partial charge >= 0.3 is 0 Å². The Morgan fingerprint density at radius 3 is 2.26 bits per heavy atom. The molecular weight excluding hydrogens is 332 g/mol. The Kier molecular flexibility index (Phi) is 5.14. The number of sulfone groups is 1. The number of hydrogen-bond donors (Lipinski definition) is 2. The van der Waals surface area contributed by atoms with Crippen LogP contribution in [0.2, 0.25) is 0 Å². The normalized spacial score (nSPS) is 12.3. The van der Waals surface area contributed by atoms with Crippen LogP contribution in [0.3, 0.4) is 0 Å². The molecule has 0 spiro atoms. The van der Waals surface area contributed by atoms with Gasteiger partial charge in [0, 0.05) is 19.3 Å². The van der Waals surface area contributed by atoms with E-state index in [1.54, 1.807) is 13.8 Å². The van der Waals surface area contributed by atoms with Gasteiger partial charge in [0.05, 0.1) is 4.75 Å². The molecule has 19 heavy (non-hydrogen) atoms. The SMILES string of the molecule is CCNc1ncnc(NCC(C)(C)S(C)(=O)=O)c1Br. The molecule has 1 aromatic rings. The van der Waals surface area contributed by atoms with Gasteiger partial charge in [-0.25, -0.2) is 18.4 Å². The van der Waals surface area contributed by atoms with Crippen molar-refractivity contribution in [2.75, 3.05) is 30.0 Å². The second-order valence-corrected chi connectivity index (χ2v) is 8.24. The molecule has 108 valence electrons. The third kappa shape index (κ3) is 4.04. The van der Waals surface area contributed by atoms with Gasteiger partial charge in [0.2, 0.25) is 0 Å². The summed E-state index contributed by atoms with van der Waals surface area (Å²) < 4.78 is 23.1. The van der Waals surface area contributed by atoms with Crippen LogP contribution in [0.1, 0.15) is 20.8 Å². The number of hydrogen-bond acceptors (Lipinski definition) is 6. The zero-order chi connectivity index (χ0) is 14.7. The molecule has 1 aromatic heterocycles. The summed E-state index contributed by atoms with van der Waals surface area (Å²) in [6, 6.07) is 0. The topological polar surface area (TPSA) is 84.0 Å². The minimum Gasteiger partial charge on any atom is -0.369 e. The standard InChI is InChI=1S/C11H19BrN4O2S/c1-5-13-9-8(12)10(16-7-15-9)14-6-11(2,3)19(4,17)18/h7H,5-6H2,1-4H3,(H2,13,14,15,16). The molecule has 8 heteroatoms. The van der Waals surface area contributed by atoms with Crippen molar-refractivity contribution in [1.82, 2.24) is 9.97 Å². The number of halogens is 1. The summed E-state index contributed by atoms with van der Waals surface area (Å²) in [5, 5.41) is 6.13. The van der Waals surface area contributed by atoms with Gasteiger partial charge in [-0.3, -0.25) is 0 Å². The van der Waals surface area contributed by atoms with Gasteiger partial charge in [-0.2, -0.15) is 0 Å². The quantitative estimate of drug-likeness (QED) is 0.815. The first-order valence-corrected chi connectivity index (χ1v) is 8.55. The van der Waals surface area contributed by atoms with Gasteiger partial charge in [-0.05, 0) is 36.7 Å². The molecule has 0 atom stereocenters. The molecule has 0 unspecified atom stereocenters. The van der Waals surface area contributed by atoms with Crippen LogP contribution >= 0.6 is 15.9 Å². The molecule has 6 nitrogen and oxygen atoms in total. The smallest absolute Gasteiger partial charge is 0.154 e. The van der Waals surface area contributed by atoms with E-state index in [9.17, 15) is 8.42 Å². The average Bonchev–Trinajstić information content (AvgIpc) is 2.29. The first-order valence-electron chi connectivity index (χ1n) is 5.87. The molecule has 0 radical (unpaired) electrons. The Balaban J connectivity index is 2.87. The van der Waals surface area contributed by atoms with E-state index >= 15 is 0 Å². The fourth-order valence-electron chi connectivity index (χ4n) is 1.21. The summed E-state index contributed by atoms with van der Waals surface area (Å²) in [5.74, 6) is 1.25. The van der Waals surface area contributed by atoms with E-state index in [1.165, 1.54) is 12.6 Å². The fraction of sp³-hybridized carbons (Fsp3) is 0.636. The summed E-state index contributed by atoms with van der Waals surface area (Å²) in [6.07, 6.45) is 2.66. The molecule has 0 aromatic carbocycles. The third-order valence-corrected chi connectivity index (χ3v) is 5.72. The van der Waals surface area contributed by atoms with Crippen LogP contribution in [0.5, 0.6) is 0 Å². The number of rotatable bonds is 6. The minimum atomic E-state index is -3.14. The van der Waals surface area contributed by atoms with Gasteiger partial charge < -0.3 is 10.6 Å². The van der Waals surface area contributed by atoms with E-state index in [4.69, 9.17) is 0 Å². The number of nitrogens with one attached hydrogen (secondary N) is 2. The van der Waals surface area contributed by atoms with Crippen molar-refractivity contribution >= 4 is 37.4 Å². The van der Waals surface area contributed by atoms with E-state index in [1.807, 2.05) is 6.92 Å². The third-order valence-electron chi connectivity index (χ3n) is 2.82. The van der Waals surface area contributed by atoms with Crippen molar-refractivity contribution in [3.8, 4) is 0 Å². The van der Waals surface area contributed by atoms with Crippen molar-refractivity contribution < 1.29 is 8.42 Å². The maximum Gasteiger partial charge on any atom is 0.154 e. The lowest BCUT2D eigenvalue weighted by Gasteiger charge is -2.23. The maximum absolute atomic E-state index is 11.6. The predicted octanol–water partition coefficient (Wildman–Crippen LogP) is 1.91. The lowest BCUT2D eigenvalue weighted by molar-refractivity contribution is 0.559. The summed E-state index contributed by atoms with van der Waals surface area (Å²) in [4.78, 5) is 8.20. The number of nitrogens with zero attached hydrogens (tertiary/aromatic N) is 2. The maximum atomic E-state index is 11.6. The Morgan fingerprint density at radius 1 is 1.26 bits per heavy atom. The molecule has 0 saturated heterocycles. The Labute approximate surface area is 122 Å². The Hall–Kier alpha value is -0.890. The number of aromatic nitrogens is 2. The van der Waals surface area contributed by atoms with Gasteiger partial charge in [-0.15, -0.1) is 0 Å². The van der Waals surface area contributed by atoms with Crippen LogP contribution in [0.4, 0.5) is 11.6 Å². The van der Waals surface area contributed by atoms with Crippen LogP contribution in [-0.4, -0.2) is 42.5 Å². The second-order valence-electron chi connectivity index (χ2n) is 4.80. The highest BCUT2D eigenvalue weighted by Crippen LogP contribution is 2.27. The van der Waals surface area contributed by atoms with Crippen LogP contribution in [0.25, 0.3) is 0 Å². The first kappa shape index (κ1) is 16.2. The zero-order valence-electron chi connectivity index (χ0n) is 11.5. The number of anilines is 2. The summed E-state index contributed by atoms with van der Waals surface area (Å²) in [6.45, 7) is 6.33. The van der Waals surface area contributed by atoms with E-state index in [0.717, 1.165) is 6.54 Å². The Morgan fingerprint density at radius 2 is 1.79 bits per heavy atom. The van der Waals surface area contributed by atoms with Crippen molar-refractivity contribution in [2.45, 2.75) is 25.5 Å². The van der Waals surface area contributed by atoms with Gasteiger partial charge in [0.25, 0.3) is 0 Å². The largest absolute Gasteiger partial charge is 0.369 e. The zero-order valence-corrected chi connectivity index (χ0v) is 13.9. The first-order chi connectivity index (χ1) is 8.69. The molecule has 1 heterocycles.